The predicted octanol–water partition coefficient (Wildman–Crippen LogP) is 1.02. The van der Waals surface area contributed by atoms with E-state index in [2.05, 4.69) is 10.5 Å². The molecule has 2 unspecified atom stereocenters. The molecule has 1 amide bonds. The van der Waals surface area contributed by atoms with E-state index in [0.717, 1.165) is 44.6 Å². The number of sulfonamides is 2. The highest BCUT2D eigenvalue weighted by Crippen LogP contribution is 2.29. The van der Waals surface area contributed by atoms with Crippen LogP contribution in [0.15, 0.2) is 40.1 Å². The van der Waals surface area contributed by atoms with Gasteiger partial charge in [-0.05, 0) is 12.8 Å². The minimum absolute atomic E-state index is 0.0780. The molecule has 14 heteroatoms. The van der Waals surface area contributed by atoms with Gasteiger partial charge in [0.2, 0.25) is 14.4 Å². The number of nitrogens with zero attached hydrogens (tertiary/aromatic N) is 3. The minimum atomic E-state index is -4.18. The van der Waals surface area contributed by atoms with Crippen LogP contribution >= 0.6 is 11.3 Å². The molecule has 2 fully saturated rings. The van der Waals surface area contributed by atoms with Crippen molar-refractivity contribution < 1.29 is 31.2 Å². The van der Waals surface area contributed by atoms with E-state index in [-0.39, 0.29) is 24.0 Å². The summed E-state index contributed by atoms with van der Waals surface area (Å²) in [5.74, 6) is -0.772. The standard InChI is InChI=1S/C20H26N4O7S3/c1-33(26,27)23-10-11-24(17(13-23)19(25)22-31-18-9-5-6-12-30-18)34(28,29)20-21-16(14-32-20)15-7-3-2-4-8-15/h2-4,7-8,14,17-18H,5-6,9-13H2,1H3,(H,22,25). The highest BCUT2D eigenvalue weighted by molar-refractivity contribution is 7.91. The zero-order valence-electron chi connectivity index (χ0n) is 18.5. The van der Waals surface area contributed by atoms with Crippen LogP contribution in [0.5, 0.6) is 0 Å². The molecule has 4 rings (SSSR count). The first-order valence-electron chi connectivity index (χ1n) is 10.7. The Morgan fingerprint density at radius 3 is 2.62 bits per heavy atom. The first kappa shape index (κ1) is 25.2. The first-order chi connectivity index (χ1) is 16.2. The number of amides is 1. The Morgan fingerprint density at radius 2 is 1.94 bits per heavy atom. The summed E-state index contributed by atoms with van der Waals surface area (Å²) in [6.45, 7) is -0.116. The molecule has 2 aliphatic heterocycles. The van der Waals surface area contributed by atoms with Crippen molar-refractivity contribution in [2.45, 2.75) is 35.9 Å². The molecule has 1 aromatic carbocycles. The molecule has 0 saturated carbocycles. The van der Waals surface area contributed by atoms with Gasteiger partial charge >= 0.3 is 0 Å². The Bertz CT molecular complexity index is 1210. The van der Waals surface area contributed by atoms with Crippen LogP contribution in [-0.4, -0.2) is 81.2 Å². The summed E-state index contributed by atoms with van der Waals surface area (Å²) in [4.78, 5) is 22.6. The maximum Gasteiger partial charge on any atom is 0.271 e. The summed E-state index contributed by atoms with van der Waals surface area (Å²) in [5, 5.41) is 1.63. The second kappa shape index (κ2) is 10.4. The maximum absolute atomic E-state index is 13.5. The molecule has 1 aromatic heterocycles. The second-order valence-corrected chi connectivity index (χ2v) is 12.9. The molecule has 0 spiro atoms. The lowest BCUT2D eigenvalue weighted by atomic mass is 10.2. The van der Waals surface area contributed by atoms with Gasteiger partial charge in [0, 0.05) is 43.6 Å². The largest absolute Gasteiger partial charge is 0.350 e. The number of rotatable bonds is 7. The number of hydroxylamine groups is 1. The van der Waals surface area contributed by atoms with Crippen molar-refractivity contribution in [3.8, 4) is 11.3 Å². The van der Waals surface area contributed by atoms with Crippen LogP contribution in [-0.2, 0) is 34.4 Å². The normalized spacial score (nSPS) is 23.0. The zero-order valence-corrected chi connectivity index (χ0v) is 20.9. The highest BCUT2D eigenvalue weighted by atomic mass is 32.2. The van der Waals surface area contributed by atoms with Crippen LogP contribution < -0.4 is 5.48 Å². The van der Waals surface area contributed by atoms with E-state index in [1.165, 1.54) is 0 Å². The van der Waals surface area contributed by atoms with Gasteiger partial charge in [-0.1, -0.05) is 30.3 Å². The van der Waals surface area contributed by atoms with Crippen molar-refractivity contribution in [2.24, 2.45) is 0 Å². The van der Waals surface area contributed by atoms with E-state index in [4.69, 9.17) is 9.57 Å². The molecule has 0 aliphatic carbocycles. The van der Waals surface area contributed by atoms with E-state index in [1.54, 1.807) is 5.38 Å². The molecule has 3 heterocycles. The number of nitrogens with one attached hydrogen (secondary N) is 1. The predicted molar refractivity (Wildman–Crippen MR) is 124 cm³/mol. The average molecular weight is 531 g/mol. The van der Waals surface area contributed by atoms with Crippen LogP contribution in [0, 0.1) is 0 Å². The number of carbonyl (C=O) groups excluding carboxylic acids is 1. The lowest BCUT2D eigenvalue weighted by molar-refractivity contribution is -0.202. The Balaban J connectivity index is 1.57. The number of benzene rings is 1. The van der Waals surface area contributed by atoms with Gasteiger partial charge in [0.1, 0.15) is 6.04 Å². The van der Waals surface area contributed by atoms with E-state index < -0.39 is 38.3 Å². The van der Waals surface area contributed by atoms with Gasteiger partial charge < -0.3 is 4.74 Å². The molecular weight excluding hydrogens is 504 g/mol. The third-order valence-electron chi connectivity index (χ3n) is 5.58. The molecule has 2 aliphatic rings. The van der Waals surface area contributed by atoms with Crippen molar-refractivity contribution in [1.29, 1.82) is 0 Å². The number of hydrogen-bond acceptors (Lipinski definition) is 9. The summed E-state index contributed by atoms with van der Waals surface area (Å²) in [6, 6.07) is 7.79. The van der Waals surface area contributed by atoms with Gasteiger partial charge in [0.05, 0.1) is 11.9 Å². The number of hydrogen-bond donors (Lipinski definition) is 1. The first-order valence-corrected chi connectivity index (χ1v) is 14.9. The van der Waals surface area contributed by atoms with Crippen LogP contribution in [0.3, 0.4) is 0 Å². The van der Waals surface area contributed by atoms with Crippen LogP contribution in [0.1, 0.15) is 19.3 Å². The summed E-state index contributed by atoms with van der Waals surface area (Å²) in [7, 11) is -7.82. The third kappa shape index (κ3) is 5.64. The smallest absolute Gasteiger partial charge is 0.271 e. The van der Waals surface area contributed by atoms with Gasteiger partial charge in [-0.25, -0.2) is 32.1 Å². The summed E-state index contributed by atoms with van der Waals surface area (Å²) in [6.07, 6.45) is 2.74. The number of aromatic nitrogens is 1. The number of thiazole rings is 1. The Hall–Kier alpha value is -1.94. The van der Waals surface area contributed by atoms with Crippen LogP contribution in [0.2, 0.25) is 0 Å². The van der Waals surface area contributed by atoms with E-state index >= 15 is 0 Å². The molecular formula is C20H26N4O7S3. The highest BCUT2D eigenvalue weighted by Gasteiger charge is 2.43. The topological polar surface area (TPSA) is 135 Å². The van der Waals surface area contributed by atoms with Crippen LogP contribution in [0.25, 0.3) is 11.3 Å². The third-order valence-corrected chi connectivity index (χ3v) is 9.99. The molecule has 2 saturated heterocycles. The maximum atomic E-state index is 13.5. The SMILES string of the molecule is CS(=O)(=O)N1CCN(S(=O)(=O)c2nc(-c3ccccc3)cs2)C(C(=O)NOC2CCCCO2)C1. The Labute approximate surface area is 202 Å². The van der Waals surface area contributed by atoms with Crippen molar-refractivity contribution in [3.63, 3.8) is 0 Å². The second-order valence-electron chi connectivity index (χ2n) is 8.00. The van der Waals surface area contributed by atoms with Gasteiger partial charge in [-0.15, -0.1) is 11.3 Å². The van der Waals surface area contributed by atoms with E-state index in [0.29, 0.717) is 18.7 Å². The molecule has 11 nitrogen and oxygen atoms in total. The van der Waals surface area contributed by atoms with Crippen LogP contribution in [0.4, 0.5) is 0 Å². The number of ether oxygens (including phenoxy) is 1. The quantitative estimate of drug-likeness (QED) is 0.524. The average Bonchev–Trinajstić information content (AvgIpc) is 3.34. The number of piperazine rings is 1. The lowest BCUT2D eigenvalue weighted by Gasteiger charge is -2.38. The molecule has 2 aromatic rings. The molecule has 34 heavy (non-hydrogen) atoms. The van der Waals surface area contributed by atoms with Gasteiger partial charge in [0.25, 0.3) is 15.9 Å². The Kier molecular flexibility index (Phi) is 7.66. The fourth-order valence-electron chi connectivity index (χ4n) is 3.76. The van der Waals surface area contributed by atoms with E-state index in [9.17, 15) is 21.6 Å². The van der Waals surface area contributed by atoms with Crippen molar-refractivity contribution >= 4 is 37.3 Å². The fraction of sp³-hybridized carbons (Fsp3) is 0.500. The van der Waals surface area contributed by atoms with Crippen molar-refractivity contribution in [3.05, 3.63) is 35.7 Å². The van der Waals surface area contributed by atoms with Crippen molar-refractivity contribution in [2.75, 3.05) is 32.5 Å². The minimum Gasteiger partial charge on any atom is -0.350 e. The lowest BCUT2D eigenvalue weighted by Crippen LogP contribution is -2.61. The van der Waals surface area contributed by atoms with Gasteiger partial charge in [-0.3, -0.25) is 4.79 Å². The van der Waals surface area contributed by atoms with Gasteiger partial charge in [0.15, 0.2) is 6.29 Å². The summed E-state index contributed by atoms with van der Waals surface area (Å²) < 4.78 is 58.5. The molecule has 0 radical (unpaired) electrons. The molecule has 1 N–H and O–H groups in total. The zero-order chi connectivity index (χ0) is 24.3. The molecule has 2 atom stereocenters. The Morgan fingerprint density at radius 1 is 1.18 bits per heavy atom. The van der Waals surface area contributed by atoms with Gasteiger partial charge in [-0.2, -0.15) is 8.61 Å². The summed E-state index contributed by atoms with van der Waals surface area (Å²) in [5.41, 5.74) is 3.53. The number of carbonyl (C=O) groups is 1. The monoisotopic (exact) mass is 530 g/mol. The molecule has 186 valence electrons. The van der Waals surface area contributed by atoms with E-state index in [1.807, 2.05) is 30.3 Å². The molecule has 0 bridgehead atoms. The summed E-state index contributed by atoms with van der Waals surface area (Å²) >= 11 is 0.946. The fourth-order valence-corrected chi connectivity index (χ4v) is 7.29. The van der Waals surface area contributed by atoms with Crippen molar-refractivity contribution in [1.82, 2.24) is 19.1 Å².